The lowest BCUT2D eigenvalue weighted by molar-refractivity contribution is 0.182. The van der Waals surface area contributed by atoms with Gasteiger partial charge in [-0.1, -0.05) is 0 Å². The van der Waals surface area contributed by atoms with Gasteiger partial charge >= 0.3 is 0 Å². The fourth-order valence-electron chi connectivity index (χ4n) is 1.25. The van der Waals surface area contributed by atoms with E-state index in [1.54, 1.807) is 18.4 Å². The summed E-state index contributed by atoms with van der Waals surface area (Å²) in [6, 6.07) is 4.03. The number of aromatic nitrogens is 2. The first-order valence-electron chi connectivity index (χ1n) is 4.66. The van der Waals surface area contributed by atoms with E-state index in [4.69, 9.17) is 4.74 Å². The van der Waals surface area contributed by atoms with Gasteiger partial charge in [0.15, 0.2) is 0 Å². The second kappa shape index (κ2) is 4.51. The maximum Gasteiger partial charge on any atom is 0.125 e. The lowest BCUT2D eigenvalue weighted by Gasteiger charge is -1.96. The lowest BCUT2D eigenvalue weighted by Crippen LogP contribution is -1.87. The van der Waals surface area contributed by atoms with Gasteiger partial charge < -0.3 is 4.74 Å². The van der Waals surface area contributed by atoms with Crippen molar-refractivity contribution in [2.75, 3.05) is 7.11 Å². The Morgan fingerprint density at radius 1 is 1.40 bits per heavy atom. The molecule has 0 aliphatic heterocycles. The van der Waals surface area contributed by atoms with Crippen molar-refractivity contribution in [2.24, 2.45) is 0 Å². The summed E-state index contributed by atoms with van der Waals surface area (Å²) in [5.74, 6) is 0. The van der Waals surface area contributed by atoms with E-state index in [-0.39, 0.29) is 0 Å². The van der Waals surface area contributed by atoms with Crippen molar-refractivity contribution in [2.45, 2.75) is 13.5 Å². The van der Waals surface area contributed by atoms with E-state index in [1.807, 2.05) is 30.6 Å². The molecule has 0 aromatic carbocycles. The van der Waals surface area contributed by atoms with E-state index in [1.165, 1.54) is 0 Å². The van der Waals surface area contributed by atoms with Gasteiger partial charge in [0, 0.05) is 29.9 Å². The zero-order valence-electron chi connectivity index (χ0n) is 8.73. The third kappa shape index (κ3) is 2.40. The van der Waals surface area contributed by atoms with E-state index >= 15 is 0 Å². The van der Waals surface area contributed by atoms with Crippen molar-refractivity contribution in [3.63, 3.8) is 0 Å². The van der Waals surface area contributed by atoms with Gasteiger partial charge in [-0.3, -0.25) is 4.98 Å². The molecule has 0 N–H and O–H groups in total. The SMILES string of the molecule is COCc1csc(-c2ccc(C)nc2)n1. The number of hydrogen-bond acceptors (Lipinski definition) is 4. The third-order valence-corrected chi connectivity index (χ3v) is 2.94. The van der Waals surface area contributed by atoms with E-state index in [0.717, 1.165) is 22.0 Å². The molecule has 0 amide bonds. The Hall–Kier alpha value is -1.26. The highest BCUT2D eigenvalue weighted by Gasteiger charge is 2.04. The molecule has 78 valence electrons. The monoisotopic (exact) mass is 220 g/mol. The largest absolute Gasteiger partial charge is 0.378 e. The topological polar surface area (TPSA) is 35.0 Å². The van der Waals surface area contributed by atoms with Gasteiger partial charge in [-0.05, 0) is 19.1 Å². The molecule has 3 nitrogen and oxygen atoms in total. The summed E-state index contributed by atoms with van der Waals surface area (Å²) >= 11 is 1.62. The second-order valence-electron chi connectivity index (χ2n) is 3.27. The zero-order valence-corrected chi connectivity index (χ0v) is 9.54. The van der Waals surface area contributed by atoms with Crippen LogP contribution in [-0.2, 0) is 11.3 Å². The van der Waals surface area contributed by atoms with Gasteiger partial charge in [-0.25, -0.2) is 4.98 Å². The van der Waals surface area contributed by atoms with Crippen LogP contribution in [0.15, 0.2) is 23.7 Å². The maximum atomic E-state index is 5.02. The quantitative estimate of drug-likeness (QED) is 0.797. The molecule has 2 aromatic heterocycles. The summed E-state index contributed by atoms with van der Waals surface area (Å²) < 4.78 is 5.02. The predicted octanol–water partition coefficient (Wildman–Crippen LogP) is 2.66. The Morgan fingerprint density at radius 2 is 2.27 bits per heavy atom. The van der Waals surface area contributed by atoms with E-state index in [2.05, 4.69) is 9.97 Å². The molecular formula is C11H12N2OS. The highest BCUT2D eigenvalue weighted by molar-refractivity contribution is 7.13. The molecule has 2 heterocycles. The van der Waals surface area contributed by atoms with Crippen LogP contribution < -0.4 is 0 Å². The summed E-state index contributed by atoms with van der Waals surface area (Å²) in [5, 5.41) is 3.01. The second-order valence-corrected chi connectivity index (χ2v) is 4.12. The standard InChI is InChI=1S/C11H12N2OS/c1-8-3-4-9(5-12-8)11-13-10(6-14-2)7-15-11/h3-5,7H,6H2,1-2H3. The van der Waals surface area contributed by atoms with Crippen LogP contribution in [0.5, 0.6) is 0 Å². The molecule has 0 saturated carbocycles. The minimum absolute atomic E-state index is 0.565. The fraction of sp³-hybridized carbons (Fsp3) is 0.273. The molecule has 0 atom stereocenters. The molecule has 0 unspecified atom stereocenters. The van der Waals surface area contributed by atoms with Crippen LogP contribution >= 0.6 is 11.3 Å². The minimum atomic E-state index is 0.565. The Morgan fingerprint density at radius 3 is 2.93 bits per heavy atom. The van der Waals surface area contributed by atoms with E-state index in [9.17, 15) is 0 Å². The van der Waals surface area contributed by atoms with Gasteiger partial charge in [0.1, 0.15) is 5.01 Å². The van der Waals surface area contributed by atoms with Crippen molar-refractivity contribution in [1.82, 2.24) is 9.97 Å². The van der Waals surface area contributed by atoms with Gasteiger partial charge in [0.25, 0.3) is 0 Å². The van der Waals surface area contributed by atoms with Crippen LogP contribution in [0, 0.1) is 6.92 Å². The van der Waals surface area contributed by atoms with Crippen molar-refractivity contribution in [3.05, 3.63) is 35.1 Å². The van der Waals surface area contributed by atoms with Crippen molar-refractivity contribution in [1.29, 1.82) is 0 Å². The first-order chi connectivity index (χ1) is 7.29. The molecule has 0 saturated heterocycles. The maximum absolute atomic E-state index is 5.02. The molecule has 0 aliphatic carbocycles. The van der Waals surface area contributed by atoms with Crippen molar-refractivity contribution >= 4 is 11.3 Å². The highest BCUT2D eigenvalue weighted by Crippen LogP contribution is 2.23. The molecular weight excluding hydrogens is 208 g/mol. The van der Waals surface area contributed by atoms with Crippen LogP contribution in [0.4, 0.5) is 0 Å². The number of rotatable bonds is 3. The van der Waals surface area contributed by atoms with Crippen LogP contribution in [0.25, 0.3) is 10.6 Å². The van der Waals surface area contributed by atoms with E-state index < -0.39 is 0 Å². The molecule has 15 heavy (non-hydrogen) atoms. The first kappa shape index (κ1) is 10.3. The van der Waals surface area contributed by atoms with Gasteiger partial charge in [-0.15, -0.1) is 11.3 Å². The number of nitrogens with zero attached hydrogens (tertiary/aromatic N) is 2. The normalized spacial score (nSPS) is 10.5. The molecule has 0 spiro atoms. The smallest absolute Gasteiger partial charge is 0.125 e. The average molecular weight is 220 g/mol. The van der Waals surface area contributed by atoms with Crippen LogP contribution in [0.3, 0.4) is 0 Å². The van der Waals surface area contributed by atoms with Gasteiger partial charge in [0.2, 0.25) is 0 Å². The molecule has 0 radical (unpaired) electrons. The fourth-order valence-corrected chi connectivity index (χ4v) is 2.04. The Labute approximate surface area is 92.8 Å². The van der Waals surface area contributed by atoms with Crippen LogP contribution in [-0.4, -0.2) is 17.1 Å². The number of thiazole rings is 1. The molecule has 0 aliphatic rings. The summed E-state index contributed by atoms with van der Waals surface area (Å²) in [5.41, 5.74) is 3.05. The van der Waals surface area contributed by atoms with Crippen LogP contribution in [0.2, 0.25) is 0 Å². The Balaban J connectivity index is 2.25. The van der Waals surface area contributed by atoms with Gasteiger partial charge in [0.05, 0.1) is 12.3 Å². The first-order valence-corrected chi connectivity index (χ1v) is 5.54. The number of ether oxygens (including phenoxy) is 1. The van der Waals surface area contributed by atoms with Crippen molar-refractivity contribution in [3.8, 4) is 10.6 Å². The molecule has 2 rings (SSSR count). The summed E-state index contributed by atoms with van der Waals surface area (Å²) in [6.07, 6.45) is 1.85. The highest BCUT2D eigenvalue weighted by atomic mass is 32.1. The Kier molecular flexibility index (Phi) is 3.08. The molecule has 0 fully saturated rings. The Bertz CT molecular complexity index is 436. The zero-order chi connectivity index (χ0) is 10.7. The summed E-state index contributed by atoms with van der Waals surface area (Å²) in [6.45, 7) is 2.54. The predicted molar refractivity (Wildman–Crippen MR) is 60.8 cm³/mol. The molecule has 2 aromatic rings. The van der Waals surface area contributed by atoms with Crippen LogP contribution in [0.1, 0.15) is 11.4 Å². The summed E-state index contributed by atoms with van der Waals surface area (Å²) in [4.78, 5) is 8.70. The number of pyridine rings is 1. The van der Waals surface area contributed by atoms with Gasteiger partial charge in [-0.2, -0.15) is 0 Å². The number of methoxy groups -OCH3 is 1. The summed E-state index contributed by atoms with van der Waals surface area (Å²) in [7, 11) is 1.67. The minimum Gasteiger partial charge on any atom is -0.378 e. The number of aryl methyl sites for hydroxylation is 1. The number of hydrogen-bond donors (Lipinski definition) is 0. The van der Waals surface area contributed by atoms with E-state index in [0.29, 0.717) is 6.61 Å². The molecule has 4 heteroatoms. The third-order valence-electron chi connectivity index (χ3n) is 2.00. The molecule has 0 bridgehead atoms. The lowest BCUT2D eigenvalue weighted by atomic mass is 10.3. The average Bonchev–Trinajstić information content (AvgIpc) is 2.68. The van der Waals surface area contributed by atoms with Crippen molar-refractivity contribution < 1.29 is 4.74 Å².